The summed E-state index contributed by atoms with van der Waals surface area (Å²) >= 11 is 3.01. The van der Waals surface area contributed by atoms with E-state index in [1.54, 1.807) is 6.33 Å². The number of aromatic nitrogens is 6. The van der Waals surface area contributed by atoms with Gasteiger partial charge in [-0.15, -0.1) is 0 Å². The van der Waals surface area contributed by atoms with Crippen molar-refractivity contribution >= 4 is 90.7 Å². The Hall–Kier alpha value is -5.74. The van der Waals surface area contributed by atoms with Crippen LogP contribution in [0.1, 0.15) is 64.9 Å². The van der Waals surface area contributed by atoms with Crippen LogP contribution in [0, 0.1) is 0 Å². The lowest BCUT2D eigenvalue weighted by atomic mass is 10.1. The number of benzene rings is 2. The minimum atomic E-state index is -0.789. The molecule has 264 valence electrons. The number of carbonyl (C=O) groups is 2. The average molecular weight is 735 g/mol. The van der Waals surface area contributed by atoms with Crippen molar-refractivity contribution in [2.24, 2.45) is 9.98 Å². The number of ether oxygens (including phenoxy) is 1. The lowest BCUT2D eigenvalue weighted by Gasteiger charge is -2.07. The van der Waals surface area contributed by atoms with Crippen molar-refractivity contribution in [3.05, 3.63) is 81.3 Å². The zero-order valence-corrected chi connectivity index (χ0v) is 29.8. The summed E-state index contributed by atoms with van der Waals surface area (Å²) in [5, 5.41) is 17.2. The molecular weight excluding hydrogens is 701 g/mol. The Morgan fingerprint density at radius 1 is 0.750 bits per heavy atom. The molecule has 2 aliphatic rings. The molecule has 16 heteroatoms. The van der Waals surface area contributed by atoms with Crippen LogP contribution >= 0.6 is 22.7 Å². The molecular formula is C36H34N10O4S2. The van der Waals surface area contributed by atoms with E-state index in [9.17, 15) is 9.59 Å². The monoisotopic (exact) mass is 734 g/mol. The molecule has 52 heavy (non-hydrogen) atoms. The van der Waals surface area contributed by atoms with Gasteiger partial charge in [0.15, 0.2) is 11.6 Å². The SMILES string of the molecule is CCOC(=O)CCCc1nc2c(Nc3ccc4c(c3)C=NC4)ncnc2s1.O=C(O)CCCc1nc2c(Nc3ccc4c(c3)C=NC4)ncnc2s1. The fourth-order valence-corrected chi connectivity index (χ4v) is 7.52. The van der Waals surface area contributed by atoms with E-state index >= 15 is 0 Å². The number of anilines is 4. The average Bonchev–Trinajstić information content (AvgIpc) is 3.95. The van der Waals surface area contributed by atoms with Gasteiger partial charge in [0.05, 0.1) is 29.7 Å². The van der Waals surface area contributed by atoms with Crippen molar-refractivity contribution in [3.8, 4) is 0 Å². The third kappa shape index (κ3) is 8.41. The largest absolute Gasteiger partial charge is 0.481 e. The maximum absolute atomic E-state index is 11.5. The summed E-state index contributed by atoms with van der Waals surface area (Å²) in [6.45, 7) is 3.71. The molecule has 2 aliphatic heterocycles. The van der Waals surface area contributed by atoms with Gasteiger partial charge in [-0.05, 0) is 79.1 Å². The van der Waals surface area contributed by atoms with Gasteiger partial charge in [-0.3, -0.25) is 19.6 Å². The molecule has 0 bridgehead atoms. The molecule has 0 amide bonds. The second kappa shape index (κ2) is 16.1. The molecule has 0 spiro atoms. The van der Waals surface area contributed by atoms with Gasteiger partial charge in [-0.2, -0.15) is 0 Å². The first-order valence-electron chi connectivity index (χ1n) is 16.8. The Labute approximate surface area is 306 Å². The molecule has 8 rings (SSSR count). The van der Waals surface area contributed by atoms with Crippen LogP contribution in [0.5, 0.6) is 0 Å². The maximum Gasteiger partial charge on any atom is 0.305 e. The van der Waals surface area contributed by atoms with Crippen LogP contribution in [0.2, 0.25) is 0 Å². The number of hydrogen-bond acceptors (Lipinski definition) is 15. The Morgan fingerprint density at radius 3 is 1.77 bits per heavy atom. The Balaban J connectivity index is 0.000000162. The van der Waals surface area contributed by atoms with E-state index in [1.807, 2.05) is 37.6 Å². The lowest BCUT2D eigenvalue weighted by Crippen LogP contribution is -2.03. The van der Waals surface area contributed by atoms with E-state index in [0.717, 1.165) is 60.8 Å². The summed E-state index contributed by atoms with van der Waals surface area (Å²) in [6, 6.07) is 12.3. The number of hydrogen-bond donors (Lipinski definition) is 3. The number of fused-ring (bicyclic) bond motifs is 4. The third-order valence-electron chi connectivity index (χ3n) is 8.14. The number of nitrogens with zero attached hydrogens (tertiary/aromatic N) is 8. The number of carbonyl (C=O) groups excluding carboxylic acids is 1. The second-order valence-corrected chi connectivity index (χ2v) is 14.0. The van der Waals surface area contributed by atoms with E-state index in [4.69, 9.17) is 9.84 Å². The third-order valence-corrected chi connectivity index (χ3v) is 10.2. The molecule has 0 atom stereocenters. The zero-order chi connectivity index (χ0) is 35.9. The fraction of sp³-hybridized carbons (Fsp3) is 0.278. The van der Waals surface area contributed by atoms with Crippen LogP contribution < -0.4 is 10.6 Å². The van der Waals surface area contributed by atoms with Crippen molar-refractivity contribution in [2.75, 3.05) is 17.2 Å². The molecule has 0 radical (unpaired) electrons. The van der Waals surface area contributed by atoms with Crippen molar-refractivity contribution in [2.45, 2.75) is 58.5 Å². The topological polar surface area (TPSA) is 190 Å². The Bertz CT molecular complexity index is 2320. The number of thiazole rings is 2. The predicted molar refractivity (Wildman–Crippen MR) is 203 cm³/mol. The van der Waals surface area contributed by atoms with E-state index in [1.165, 1.54) is 40.1 Å². The summed E-state index contributed by atoms with van der Waals surface area (Å²) in [4.78, 5) is 58.8. The van der Waals surface area contributed by atoms with Gasteiger partial charge in [0.2, 0.25) is 0 Å². The highest BCUT2D eigenvalue weighted by Crippen LogP contribution is 2.30. The number of carboxylic acids is 1. The fourth-order valence-electron chi connectivity index (χ4n) is 5.63. The van der Waals surface area contributed by atoms with Crippen LogP contribution in [0.3, 0.4) is 0 Å². The number of rotatable bonds is 13. The van der Waals surface area contributed by atoms with Crippen LogP contribution in [-0.4, -0.2) is 66.0 Å². The van der Waals surface area contributed by atoms with Gasteiger partial charge in [0.25, 0.3) is 0 Å². The smallest absolute Gasteiger partial charge is 0.305 e. The van der Waals surface area contributed by atoms with E-state index < -0.39 is 5.97 Å². The van der Waals surface area contributed by atoms with Crippen LogP contribution in [-0.2, 0) is 40.3 Å². The molecule has 3 N–H and O–H groups in total. The molecule has 4 aromatic heterocycles. The molecule has 6 heterocycles. The molecule has 0 unspecified atom stereocenters. The van der Waals surface area contributed by atoms with Crippen LogP contribution in [0.25, 0.3) is 20.7 Å². The van der Waals surface area contributed by atoms with Crippen molar-refractivity contribution in [1.29, 1.82) is 0 Å². The normalized spacial score (nSPS) is 12.4. The maximum atomic E-state index is 11.5. The number of esters is 1. The van der Waals surface area contributed by atoms with E-state index in [0.29, 0.717) is 55.9 Å². The minimum absolute atomic E-state index is 0.142. The van der Waals surface area contributed by atoms with Gasteiger partial charge in [-0.1, -0.05) is 34.8 Å². The molecule has 0 fully saturated rings. The molecule has 0 saturated heterocycles. The molecule has 6 aromatic rings. The first kappa shape index (κ1) is 34.7. The van der Waals surface area contributed by atoms with Gasteiger partial charge >= 0.3 is 11.9 Å². The highest BCUT2D eigenvalue weighted by Gasteiger charge is 2.15. The number of aliphatic carboxylic acids is 1. The summed E-state index contributed by atoms with van der Waals surface area (Å²) in [7, 11) is 0. The van der Waals surface area contributed by atoms with Crippen LogP contribution in [0.15, 0.2) is 59.0 Å². The Kier molecular flexibility index (Phi) is 10.7. The van der Waals surface area contributed by atoms with Crippen molar-refractivity contribution < 1.29 is 19.4 Å². The molecule has 0 aliphatic carbocycles. The van der Waals surface area contributed by atoms with Crippen LogP contribution in [0.4, 0.5) is 23.0 Å². The number of aliphatic imine (C=N–C) groups is 2. The highest BCUT2D eigenvalue weighted by molar-refractivity contribution is 7.18. The zero-order valence-electron chi connectivity index (χ0n) is 28.2. The number of aryl methyl sites for hydroxylation is 2. The molecule has 14 nitrogen and oxygen atoms in total. The van der Waals surface area contributed by atoms with E-state index in [-0.39, 0.29) is 12.4 Å². The predicted octanol–water partition coefficient (Wildman–Crippen LogP) is 6.82. The molecule has 2 aromatic carbocycles. The molecule has 0 saturated carbocycles. The number of nitrogens with one attached hydrogen (secondary N) is 2. The minimum Gasteiger partial charge on any atom is -0.481 e. The highest BCUT2D eigenvalue weighted by atomic mass is 32.1. The standard InChI is InChI=1S/C19H19N5O2S.C17H15N5O2S/c1-2-26-16(25)5-3-4-15-24-17-18(21-11-22-19(17)27-15)23-14-7-6-12-9-20-10-13(12)8-14;23-14(24)3-1-2-13-22-15-16(19-9-20-17(15)25-13)21-12-5-4-10-7-18-8-11(10)6-12/h6-8,10-11H,2-5,9H2,1H3,(H,21,22,23);4-6,8-9H,1-3,7H2,(H,23,24)(H,19,20,21). The van der Waals surface area contributed by atoms with Gasteiger partial charge in [-0.25, -0.2) is 29.9 Å². The Morgan fingerprint density at radius 2 is 1.27 bits per heavy atom. The van der Waals surface area contributed by atoms with Gasteiger partial charge in [0, 0.05) is 36.6 Å². The van der Waals surface area contributed by atoms with E-state index in [2.05, 4.69) is 68.7 Å². The first-order chi connectivity index (χ1) is 25.4. The van der Waals surface area contributed by atoms with Gasteiger partial charge < -0.3 is 20.5 Å². The first-order valence-corrected chi connectivity index (χ1v) is 18.4. The quantitative estimate of drug-likeness (QED) is 0.105. The van der Waals surface area contributed by atoms with Gasteiger partial charge in [0.1, 0.15) is 33.3 Å². The summed E-state index contributed by atoms with van der Waals surface area (Å²) in [5.74, 6) is 0.382. The lowest BCUT2D eigenvalue weighted by molar-refractivity contribution is -0.143. The summed E-state index contributed by atoms with van der Waals surface area (Å²) < 4.78 is 4.96. The van der Waals surface area contributed by atoms with Crippen molar-refractivity contribution in [1.82, 2.24) is 29.9 Å². The number of carboxylic acid groups (broad SMARTS) is 1. The van der Waals surface area contributed by atoms with Crippen molar-refractivity contribution in [3.63, 3.8) is 0 Å². The second-order valence-electron chi connectivity index (χ2n) is 11.9. The summed E-state index contributed by atoms with van der Waals surface area (Å²) in [6.07, 6.45) is 9.98. The summed E-state index contributed by atoms with van der Waals surface area (Å²) in [5.41, 5.74) is 8.02.